The number of allylic oxidation sites excluding steroid dienone is 1. The van der Waals surface area contributed by atoms with Crippen LogP contribution in [0.25, 0.3) is 0 Å². The second-order valence-corrected chi connectivity index (χ2v) is 2.90. The fourth-order valence-electron chi connectivity index (χ4n) is 0.900. The van der Waals surface area contributed by atoms with Crippen LogP contribution < -0.4 is 11.6 Å². The first-order valence-corrected chi connectivity index (χ1v) is 4.03. The van der Waals surface area contributed by atoms with E-state index in [1.54, 1.807) is 5.01 Å². The molecule has 0 saturated carbocycles. The third-order valence-electron chi connectivity index (χ3n) is 1.38. The minimum absolute atomic E-state index is 0.156. The van der Waals surface area contributed by atoms with Gasteiger partial charge in [0.2, 0.25) is 0 Å². The maximum absolute atomic E-state index is 5.63. The molecule has 0 heterocycles. The zero-order valence-electron chi connectivity index (χ0n) is 7.29. The molecule has 0 bridgehead atoms. The SMILES string of the molecule is C=CCCCN(N)C[C@@H](C)N. The molecule has 3 heteroatoms. The van der Waals surface area contributed by atoms with Gasteiger partial charge in [0.25, 0.3) is 0 Å². The van der Waals surface area contributed by atoms with Gasteiger partial charge in [0, 0.05) is 19.1 Å². The molecule has 0 rings (SSSR count). The van der Waals surface area contributed by atoms with Crippen molar-refractivity contribution in [1.29, 1.82) is 0 Å². The molecule has 1 atom stereocenters. The number of hydrogen-bond acceptors (Lipinski definition) is 3. The van der Waals surface area contributed by atoms with Crippen LogP contribution in [-0.2, 0) is 0 Å². The number of hydrogen-bond donors (Lipinski definition) is 2. The molecule has 0 fully saturated rings. The maximum atomic E-state index is 5.63. The lowest BCUT2D eigenvalue weighted by Gasteiger charge is -2.17. The van der Waals surface area contributed by atoms with Crippen molar-refractivity contribution in [2.24, 2.45) is 11.6 Å². The lowest BCUT2D eigenvalue weighted by atomic mass is 10.3. The van der Waals surface area contributed by atoms with Crippen molar-refractivity contribution < 1.29 is 0 Å². The first kappa shape index (κ1) is 10.6. The van der Waals surface area contributed by atoms with Gasteiger partial charge in [-0.1, -0.05) is 6.08 Å². The van der Waals surface area contributed by atoms with Crippen LogP contribution in [0.3, 0.4) is 0 Å². The van der Waals surface area contributed by atoms with E-state index in [4.69, 9.17) is 11.6 Å². The van der Waals surface area contributed by atoms with Crippen LogP contribution >= 0.6 is 0 Å². The lowest BCUT2D eigenvalue weighted by Crippen LogP contribution is -2.40. The largest absolute Gasteiger partial charge is 0.327 e. The molecule has 0 spiro atoms. The van der Waals surface area contributed by atoms with E-state index in [-0.39, 0.29) is 6.04 Å². The summed E-state index contributed by atoms with van der Waals surface area (Å²) in [4.78, 5) is 0. The normalized spacial score (nSPS) is 13.5. The van der Waals surface area contributed by atoms with Gasteiger partial charge in [0.1, 0.15) is 0 Å². The molecular weight excluding hydrogens is 138 g/mol. The summed E-state index contributed by atoms with van der Waals surface area (Å²) in [5.41, 5.74) is 5.56. The Bertz CT molecular complexity index is 102. The van der Waals surface area contributed by atoms with Crippen molar-refractivity contribution in [1.82, 2.24) is 5.01 Å². The third-order valence-corrected chi connectivity index (χ3v) is 1.38. The van der Waals surface area contributed by atoms with E-state index in [2.05, 4.69) is 6.58 Å². The van der Waals surface area contributed by atoms with Crippen molar-refractivity contribution in [3.05, 3.63) is 12.7 Å². The zero-order chi connectivity index (χ0) is 8.69. The Labute approximate surface area is 69.0 Å². The van der Waals surface area contributed by atoms with Gasteiger partial charge in [0.15, 0.2) is 0 Å². The van der Waals surface area contributed by atoms with Gasteiger partial charge in [-0.25, -0.2) is 5.01 Å². The summed E-state index contributed by atoms with van der Waals surface area (Å²) >= 11 is 0. The molecule has 66 valence electrons. The maximum Gasteiger partial charge on any atom is 0.0277 e. The Kier molecular flexibility index (Phi) is 6.12. The summed E-state index contributed by atoms with van der Waals surface area (Å²) in [7, 11) is 0. The predicted molar refractivity (Wildman–Crippen MR) is 48.8 cm³/mol. The van der Waals surface area contributed by atoms with E-state index >= 15 is 0 Å². The van der Waals surface area contributed by atoms with Crippen LogP contribution in [-0.4, -0.2) is 24.1 Å². The van der Waals surface area contributed by atoms with Crippen molar-refractivity contribution >= 4 is 0 Å². The Morgan fingerprint density at radius 3 is 2.73 bits per heavy atom. The lowest BCUT2D eigenvalue weighted by molar-refractivity contribution is 0.267. The van der Waals surface area contributed by atoms with E-state index in [0.29, 0.717) is 0 Å². The van der Waals surface area contributed by atoms with E-state index in [0.717, 1.165) is 25.9 Å². The monoisotopic (exact) mass is 157 g/mol. The summed E-state index contributed by atoms with van der Waals surface area (Å²) in [6.45, 7) is 7.24. The van der Waals surface area contributed by atoms with Crippen LogP contribution in [0.5, 0.6) is 0 Å². The van der Waals surface area contributed by atoms with Crippen molar-refractivity contribution in [3.63, 3.8) is 0 Å². The number of unbranched alkanes of at least 4 members (excludes halogenated alkanes) is 1. The van der Waals surface area contributed by atoms with Gasteiger partial charge in [-0.2, -0.15) is 0 Å². The molecule has 0 aromatic carbocycles. The number of nitrogens with two attached hydrogens (primary N) is 2. The van der Waals surface area contributed by atoms with Crippen LogP contribution in [0.1, 0.15) is 19.8 Å². The van der Waals surface area contributed by atoms with Gasteiger partial charge in [0.05, 0.1) is 0 Å². The smallest absolute Gasteiger partial charge is 0.0277 e. The minimum atomic E-state index is 0.156. The summed E-state index contributed by atoms with van der Waals surface area (Å²) < 4.78 is 0. The molecule has 0 unspecified atom stereocenters. The summed E-state index contributed by atoms with van der Waals surface area (Å²) in [6.07, 6.45) is 3.99. The molecule has 0 radical (unpaired) electrons. The summed E-state index contributed by atoms with van der Waals surface area (Å²) in [5, 5.41) is 1.76. The molecule has 0 aromatic rings. The molecule has 0 aromatic heterocycles. The Morgan fingerprint density at radius 2 is 2.27 bits per heavy atom. The second-order valence-electron chi connectivity index (χ2n) is 2.90. The van der Waals surface area contributed by atoms with E-state index in [1.165, 1.54) is 0 Å². The van der Waals surface area contributed by atoms with E-state index in [9.17, 15) is 0 Å². The second kappa shape index (κ2) is 6.34. The highest BCUT2D eigenvalue weighted by molar-refractivity contribution is 4.67. The van der Waals surface area contributed by atoms with Gasteiger partial charge in [-0.05, 0) is 19.8 Å². The Morgan fingerprint density at radius 1 is 1.64 bits per heavy atom. The van der Waals surface area contributed by atoms with E-state index in [1.807, 2.05) is 13.0 Å². The topological polar surface area (TPSA) is 55.3 Å². The average molecular weight is 157 g/mol. The molecule has 4 N–H and O–H groups in total. The number of nitrogens with zero attached hydrogens (tertiary/aromatic N) is 1. The van der Waals surface area contributed by atoms with Crippen LogP contribution in [0, 0.1) is 0 Å². The van der Waals surface area contributed by atoms with Gasteiger partial charge in [-0.3, -0.25) is 5.84 Å². The molecule has 0 amide bonds. The first-order valence-electron chi connectivity index (χ1n) is 4.03. The number of rotatable bonds is 6. The molecule has 0 aliphatic carbocycles. The fraction of sp³-hybridized carbons (Fsp3) is 0.750. The highest BCUT2D eigenvalue weighted by Crippen LogP contribution is 1.91. The van der Waals surface area contributed by atoms with Gasteiger partial charge >= 0.3 is 0 Å². The fourth-order valence-corrected chi connectivity index (χ4v) is 0.900. The molecular formula is C8H19N3. The molecule has 0 aliphatic rings. The van der Waals surface area contributed by atoms with Crippen molar-refractivity contribution in [2.75, 3.05) is 13.1 Å². The standard InChI is InChI=1S/C8H19N3/c1-3-4-5-6-11(10)7-8(2)9/h3,8H,1,4-7,9-10H2,2H3/t8-/m1/s1. The minimum Gasteiger partial charge on any atom is -0.327 e. The Hall–Kier alpha value is -0.380. The molecule has 0 saturated heterocycles. The van der Waals surface area contributed by atoms with Gasteiger partial charge in [-0.15, -0.1) is 6.58 Å². The molecule has 3 nitrogen and oxygen atoms in total. The quantitative estimate of drug-likeness (QED) is 0.255. The van der Waals surface area contributed by atoms with Crippen LogP contribution in [0.2, 0.25) is 0 Å². The van der Waals surface area contributed by atoms with E-state index < -0.39 is 0 Å². The van der Waals surface area contributed by atoms with Crippen molar-refractivity contribution in [3.8, 4) is 0 Å². The summed E-state index contributed by atoms with van der Waals surface area (Å²) in [6, 6.07) is 0.156. The highest BCUT2D eigenvalue weighted by atomic mass is 15.4. The predicted octanol–water partition coefficient (Wildman–Crippen LogP) is 0.475. The Balaban J connectivity index is 3.21. The van der Waals surface area contributed by atoms with Crippen LogP contribution in [0.15, 0.2) is 12.7 Å². The average Bonchev–Trinajstić information content (AvgIpc) is 1.86. The third kappa shape index (κ3) is 7.52. The van der Waals surface area contributed by atoms with Crippen molar-refractivity contribution in [2.45, 2.75) is 25.8 Å². The van der Waals surface area contributed by atoms with Crippen LogP contribution in [0.4, 0.5) is 0 Å². The zero-order valence-corrected chi connectivity index (χ0v) is 7.29. The molecule has 0 aliphatic heterocycles. The number of hydrazine groups is 1. The highest BCUT2D eigenvalue weighted by Gasteiger charge is 2.00. The first-order chi connectivity index (χ1) is 5.16. The summed E-state index contributed by atoms with van der Waals surface area (Å²) in [5.74, 6) is 5.63. The molecule has 11 heavy (non-hydrogen) atoms. The van der Waals surface area contributed by atoms with Gasteiger partial charge < -0.3 is 5.73 Å².